The zero-order valence-electron chi connectivity index (χ0n) is 15.8. The lowest BCUT2D eigenvalue weighted by atomic mass is 10.0. The zero-order chi connectivity index (χ0) is 22.1. The summed E-state index contributed by atoms with van der Waals surface area (Å²) in [5.74, 6) is -2.73. The van der Waals surface area contributed by atoms with E-state index in [-0.39, 0.29) is 16.8 Å². The number of ketones is 1. The van der Waals surface area contributed by atoms with E-state index < -0.39 is 34.4 Å². The van der Waals surface area contributed by atoms with E-state index in [1.165, 1.54) is 30.3 Å². The van der Waals surface area contributed by atoms with Crippen LogP contribution in [0, 0.1) is 5.82 Å². The van der Waals surface area contributed by atoms with Crippen LogP contribution in [-0.4, -0.2) is 21.8 Å². The van der Waals surface area contributed by atoms with Gasteiger partial charge in [0.05, 0.1) is 16.8 Å². The first-order valence-electron chi connectivity index (χ1n) is 9.11. The van der Waals surface area contributed by atoms with E-state index in [1.807, 2.05) is 0 Å². The molecule has 0 bridgehead atoms. The summed E-state index contributed by atoms with van der Waals surface area (Å²) in [6.07, 6.45) is 0. The highest BCUT2D eigenvalue weighted by molar-refractivity contribution is 9.10. The number of fused-ring (bicyclic) bond motifs is 1. The predicted molar refractivity (Wildman–Crippen MR) is 118 cm³/mol. The van der Waals surface area contributed by atoms with Gasteiger partial charge in [0, 0.05) is 15.4 Å². The van der Waals surface area contributed by atoms with Gasteiger partial charge in [-0.25, -0.2) is 4.39 Å². The van der Waals surface area contributed by atoms with Crippen LogP contribution in [0.1, 0.15) is 26.3 Å². The Bertz CT molecular complexity index is 1410. The summed E-state index contributed by atoms with van der Waals surface area (Å²) < 4.78 is 14.7. The fraction of sp³-hybridized carbons (Fsp3) is 0. The van der Waals surface area contributed by atoms with E-state index in [0.29, 0.717) is 15.4 Å². The second kappa shape index (κ2) is 8.16. The maximum absolute atomic E-state index is 14.1. The van der Waals surface area contributed by atoms with E-state index in [2.05, 4.69) is 26.2 Å². The molecule has 0 atom stereocenters. The lowest BCUT2D eigenvalue weighted by Crippen LogP contribution is -2.24. The fourth-order valence-corrected chi connectivity index (χ4v) is 3.59. The number of aromatic hydroxyl groups is 1. The van der Waals surface area contributed by atoms with Crippen molar-refractivity contribution in [3.05, 3.63) is 104 Å². The number of nitrogens with one attached hydrogen (secondary N) is 2. The Labute approximate surface area is 183 Å². The third-order valence-electron chi connectivity index (χ3n) is 4.71. The van der Waals surface area contributed by atoms with Gasteiger partial charge in [-0.05, 0) is 42.5 Å². The molecule has 31 heavy (non-hydrogen) atoms. The maximum atomic E-state index is 14.1. The summed E-state index contributed by atoms with van der Waals surface area (Å²) in [4.78, 5) is 40.8. The molecule has 0 spiro atoms. The van der Waals surface area contributed by atoms with Crippen LogP contribution in [0.2, 0.25) is 0 Å². The number of aromatic nitrogens is 1. The van der Waals surface area contributed by atoms with Crippen LogP contribution < -0.4 is 10.9 Å². The number of aromatic amines is 1. The van der Waals surface area contributed by atoms with Crippen molar-refractivity contribution in [2.24, 2.45) is 0 Å². The van der Waals surface area contributed by atoms with Gasteiger partial charge in [-0.3, -0.25) is 14.4 Å². The quantitative estimate of drug-likeness (QED) is 0.371. The van der Waals surface area contributed by atoms with Crippen molar-refractivity contribution < 1.29 is 19.1 Å². The number of H-pyrrole nitrogens is 1. The van der Waals surface area contributed by atoms with Gasteiger partial charge in [-0.1, -0.05) is 40.2 Å². The van der Waals surface area contributed by atoms with Gasteiger partial charge in [0.2, 0.25) is 0 Å². The summed E-state index contributed by atoms with van der Waals surface area (Å²) >= 11 is 3.26. The van der Waals surface area contributed by atoms with Crippen LogP contribution in [0.15, 0.2) is 76.0 Å². The van der Waals surface area contributed by atoms with Gasteiger partial charge in [0.25, 0.3) is 11.5 Å². The van der Waals surface area contributed by atoms with Gasteiger partial charge in [-0.2, -0.15) is 0 Å². The van der Waals surface area contributed by atoms with E-state index in [4.69, 9.17) is 0 Å². The minimum Gasteiger partial charge on any atom is -0.506 e. The van der Waals surface area contributed by atoms with Gasteiger partial charge < -0.3 is 15.4 Å². The number of hydrogen-bond acceptors (Lipinski definition) is 4. The number of carbonyl (C=O) groups is 2. The average Bonchev–Trinajstić information content (AvgIpc) is 2.75. The van der Waals surface area contributed by atoms with Crippen molar-refractivity contribution in [1.29, 1.82) is 0 Å². The molecule has 0 aliphatic carbocycles. The molecule has 0 unspecified atom stereocenters. The van der Waals surface area contributed by atoms with Crippen molar-refractivity contribution in [3.8, 4) is 5.75 Å². The smallest absolute Gasteiger partial charge is 0.265 e. The molecule has 3 N–H and O–H groups in total. The molecule has 0 aliphatic rings. The topological polar surface area (TPSA) is 99.3 Å². The molecule has 0 fully saturated rings. The number of hydrogen-bond donors (Lipinski definition) is 3. The molecule has 4 rings (SSSR count). The van der Waals surface area contributed by atoms with Crippen molar-refractivity contribution in [2.45, 2.75) is 0 Å². The molecule has 1 aromatic heterocycles. The number of anilines is 1. The van der Waals surface area contributed by atoms with Crippen LogP contribution in [0.4, 0.5) is 10.1 Å². The summed E-state index contributed by atoms with van der Waals surface area (Å²) in [5, 5.41) is 13.3. The number of carbonyl (C=O) groups excluding carboxylic acids is 2. The minimum absolute atomic E-state index is 0.0181. The number of amides is 1. The van der Waals surface area contributed by atoms with Crippen molar-refractivity contribution in [3.63, 3.8) is 0 Å². The van der Waals surface area contributed by atoms with Crippen LogP contribution in [0.25, 0.3) is 10.9 Å². The highest BCUT2D eigenvalue weighted by atomic mass is 79.9. The van der Waals surface area contributed by atoms with Gasteiger partial charge in [0.15, 0.2) is 5.78 Å². The SMILES string of the molecule is O=C(c1ccccc1F)c1cc(Br)ccc1NC(=O)c1c(O)c2ccccc2[nH]c1=O. The molecule has 0 radical (unpaired) electrons. The van der Waals surface area contributed by atoms with Crippen LogP contribution >= 0.6 is 15.9 Å². The number of para-hydroxylation sites is 1. The lowest BCUT2D eigenvalue weighted by molar-refractivity contribution is 0.102. The third kappa shape index (κ3) is 3.85. The Kier molecular flexibility index (Phi) is 5.39. The molecule has 3 aromatic carbocycles. The second-order valence-electron chi connectivity index (χ2n) is 6.68. The first-order chi connectivity index (χ1) is 14.9. The molecule has 154 valence electrons. The van der Waals surface area contributed by atoms with Crippen LogP contribution in [-0.2, 0) is 0 Å². The molecule has 1 amide bonds. The highest BCUT2D eigenvalue weighted by Crippen LogP contribution is 2.28. The lowest BCUT2D eigenvalue weighted by Gasteiger charge is -2.13. The molecule has 0 saturated carbocycles. The molecule has 4 aromatic rings. The Balaban J connectivity index is 1.77. The fourth-order valence-electron chi connectivity index (χ4n) is 3.22. The van der Waals surface area contributed by atoms with E-state index in [1.54, 1.807) is 30.3 Å². The van der Waals surface area contributed by atoms with Crippen LogP contribution in [0.3, 0.4) is 0 Å². The number of pyridine rings is 1. The van der Waals surface area contributed by atoms with Crippen molar-refractivity contribution in [2.75, 3.05) is 5.32 Å². The number of benzene rings is 3. The van der Waals surface area contributed by atoms with Gasteiger partial charge >= 0.3 is 0 Å². The largest absolute Gasteiger partial charge is 0.506 e. The zero-order valence-corrected chi connectivity index (χ0v) is 17.4. The summed E-state index contributed by atoms with van der Waals surface area (Å²) in [5.41, 5.74) is -0.986. The third-order valence-corrected chi connectivity index (χ3v) is 5.21. The molecular weight excluding hydrogens is 467 g/mol. The molecule has 6 nitrogen and oxygen atoms in total. The molecule has 0 saturated heterocycles. The average molecular weight is 481 g/mol. The van der Waals surface area contributed by atoms with E-state index in [9.17, 15) is 23.9 Å². The summed E-state index contributed by atoms with van der Waals surface area (Å²) in [6, 6.07) is 16.4. The standard InChI is InChI=1S/C23H14BrFN2O4/c24-12-9-10-18(15(11-12)20(28)13-5-1-3-7-16(13)25)27-23(31)19-21(29)14-6-2-4-8-17(14)26-22(19)30/h1-11H,(H,27,31)(H2,26,29,30). The first-order valence-corrected chi connectivity index (χ1v) is 9.90. The molecule has 8 heteroatoms. The number of rotatable bonds is 4. The first kappa shape index (κ1) is 20.5. The monoisotopic (exact) mass is 480 g/mol. The molecule has 1 heterocycles. The Morgan fingerprint density at radius 3 is 2.45 bits per heavy atom. The van der Waals surface area contributed by atoms with Gasteiger partial charge in [-0.15, -0.1) is 0 Å². The second-order valence-corrected chi connectivity index (χ2v) is 7.59. The van der Waals surface area contributed by atoms with Crippen LogP contribution in [0.5, 0.6) is 5.75 Å². The Hall–Kier alpha value is -3.78. The molecule has 0 aliphatic heterocycles. The Morgan fingerprint density at radius 1 is 0.968 bits per heavy atom. The van der Waals surface area contributed by atoms with Gasteiger partial charge in [0.1, 0.15) is 17.1 Å². The van der Waals surface area contributed by atoms with Crippen molar-refractivity contribution in [1.82, 2.24) is 4.98 Å². The van der Waals surface area contributed by atoms with E-state index >= 15 is 0 Å². The maximum Gasteiger partial charge on any atom is 0.265 e. The molecular formula is C23H14BrFN2O4. The minimum atomic E-state index is -0.908. The van der Waals surface area contributed by atoms with E-state index in [0.717, 1.165) is 6.07 Å². The Morgan fingerprint density at radius 2 is 1.68 bits per heavy atom. The van der Waals surface area contributed by atoms with Crippen molar-refractivity contribution >= 4 is 44.2 Å². The number of halogens is 2. The summed E-state index contributed by atoms with van der Waals surface area (Å²) in [7, 11) is 0. The highest BCUT2D eigenvalue weighted by Gasteiger charge is 2.23. The predicted octanol–water partition coefficient (Wildman–Crippen LogP) is 4.62. The normalized spacial score (nSPS) is 10.8. The summed E-state index contributed by atoms with van der Waals surface area (Å²) in [6.45, 7) is 0.